The number of imidazole rings is 2. The van der Waals surface area contributed by atoms with Crippen molar-refractivity contribution in [2.45, 2.75) is 51.6 Å². The first-order valence-electron chi connectivity index (χ1n) is 14.3. The van der Waals surface area contributed by atoms with E-state index >= 15 is 0 Å². The molecule has 4 N–H and O–H groups in total. The molecule has 3 amide bonds. The SMILES string of the molecule is CCc1nc2ccccc2n1CCC(=O)N[C@@H](CCCCNC(=O)NC)c1ncc(-c2ccc3ccccc3c2)[nH]1. The molecule has 0 fully saturated rings. The minimum absolute atomic E-state index is 0.0398. The van der Waals surface area contributed by atoms with Crippen LogP contribution in [0.3, 0.4) is 0 Å². The van der Waals surface area contributed by atoms with Gasteiger partial charge in [0.1, 0.15) is 11.6 Å². The molecule has 5 rings (SSSR count). The molecular weight excluding hydrogens is 514 g/mol. The van der Waals surface area contributed by atoms with Crippen LogP contribution in [0.2, 0.25) is 0 Å². The Morgan fingerprint density at radius 1 is 1.00 bits per heavy atom. The van der Waals surface area contributed by atoms with Crippen molar-refractivity contribution in [1.82, 2.24) is 35.5 Å². The van der Waals surface area contributed by atoms with Gasteiger partial charge < -0.3 is 25.5 Å². The number of para-hydroxylation sites is 2. The smallest absolute Gasteiger partial charge is 0.314 e. The van der Waals surface area contributed by atoms with Crippen molar-refractivity contribution in [2.24, 2.45) is 0 Å². The first-order valence-corrected chi connectivity index (χ1v) is 14.3. The van der Waals surface area contributed by atoms with E-state index in [0.29, 0.717) is 25.9 Å². The van der Waals surface area contributed by atoms with Gasteiger partial charge in [0.05, 0.1) is 29.0 Å². The molecule has 0 saturated heterocycles. The molecule has 41 heavy (non-hydrogen) atoms. The second-order valence-electron chi connectivity index (χ2n) is 10.1. The molecule has 0 spiro atoms. The number of carbonyl (C=O) groups excluding carboxylic acids is 2. The number of unbranched alkanes of at least 4 members (excludes halogenated alkanes) is 1. The van der Waals surface area contributed by atoms with Crippen molar-refractivity contribution < 1.29 is 9.59 Å². The van der Waals surface area contributed by atoms with Crippen LogP contribution in [-0.2, 0) is 17.8 Å². The molecular formula is C32H37N7O2. The van der Waals surface area contributed by atoms with Gasteiger partial charge in [0, 0.05) is 38.5 Å². The summed E-state index contributed by atoms with van der Waals surface area (Å²) in [5.41, 5.74) is 3.94. The molecule has 2 heterocycles. The summed E-state index contributed by atoms with van der Waals surface area (Å²) >= 11 is 0. The maximum Gasteiger partial charge on any atom is 0.314 e. The van der Waals surface area contributed by atoms with Crippen LogP contribution < -0.4 is 16.0 Å². The minimum Gasteiger partial charge on any atom is -0.346 e. The number of urea groups is 1. The lowest BCUT2D eigenvalue weighted by atomic mass is 10.1. The van der Waals surface area contributed by atoms with E-state index in [1.54, 1.807) is 7.05 Å². The van der Waals surface area contributed by atoms with Crippen molar-refractivity contribution in [1.29, 1.82) is 0 Å². The zero-order chi connectivity index (χ0) is 28.6. The van der Waals surface area contributed by atoms with Crippen LogP contribution in [0, 0.1) is 0 Å². The Balaban J connectivity index is 1.29. The standard InChI is InChI=1S/C32H37N7O2/c1-3-29-36-25-12-6-7-14-28(25)39(29)19-17-30(40)37-26(13-8-9-18-34-32(41)33-2)31-35-21-27(38-31)24-16-15-22-10-4-5-11-23(22)20-24/h4-7,10-12,14-16,20-21,26H,3,8-9,13,17-19H2,1-2H3,(H,35,38)(H,37,40)(H2,33,34,41)/t26-/m0/s1. The van der Waals surface area contributed by atoms with Gasteiger partial charge >= 0.3 is 6.03 Å². The molecule has 0 aliphatic rings. The van der Waals surface area contributed by atoms with Crippen molar-refractivity contribution in [3.8, 4) is 11.3 Å². The molecule has 2 aromatic heterocycles. The fraction of sp³-hybridized carbons (Fsp3) is 0.312. The van der Waals surface area contributed by atoms with E-state index in [9.17, 15) is 9.59 Å². The lowest BCUT2D eigenvalue weighted by Crippen LogP contribution is -2.33. The van der Waals surface area contributed by atoms with E-state index < -0.39 is 0 Å². The third kappa shape index (κ3) is 6.74. The summed E-state index contributed by atoms with van der Waals surface area (Å²) in [6, 6.07) is 22.2. The van der Waals surface area contributed by atoms with Gasteiger partial charge in [0.2, 0.25) is 5.91 Å². The number of carbonyl (C=O) groups is 2. The summed E-state index contributed by atoms with van der Waals surface area (Å²) < 4.78 is 2.14. The molecule has 9 heteroatoms. The number of nitrogens with one attached hydrogen (secondary N) is 4. The molecule has 0 radical (unpaired) electrons. The molecule has 3 aromatic carbocycles. The third-order valence-electron chi connectivity index (χ3n) is 7.37. The van der Waals surface area contributed by atoms with Crippen molar-refractivity contribution >= 4 is 33.7 Å². The highest BCUT2D eigenvalue weighted by molar-refractivity contribution is 5.86. The molecule has 9 nitrogen and oxygen atoms in total. The number of benzene rings is 3. The van der Waals surface area contributed by atoms with Crippen LogP contribution in [0.1, 0.15) is 50.3 Å². The Bertz CT molecular complexity index is 1640. The minimum atomic E-state index is -0.276. The van der Waals surface area contributed by atoms with Crippen LogP contribution in [0.4, 0.5) is 4.79 Å². The van der Waals surface area contributed by atoms with E-state index in [0.717, 1.165) is 58.6 Å². The first-order chi connectivity index (χ1) is 20.1. The third-order valence-corrected chi connectivity index (χ3v) is 7.37. The fourth-order valence-corrected chi connectivity index (χ4v) is 5.18. The van der Waals surface area contributed by atoms with Gasteiger partial charge in [-0.05, 0) is 48.2 Å². The maximum atomic E-state index is 13.2. The number of hydrogen-bond donors (Lipinski definition) is 4. The van der Waals surface area contributed by atoms with Gasteiger partial charge in [-0.15, -0.1) is 0 Å². The molecule has 0 aliphatic heterocycles. The van der Waals surface area contributed by atoms with E-state index in [2.05, 4.69) is 67.7 Å². The first kappa shape index (κ1) is 27.9. The molecule has 0 bridgehead atoms. The quantitative estimate of drug-likeness (QED) is 0.153. The van der Waals surface area contributed by atoms with E-state index in [1.165, 1.54) is 5.39 Å². The number of amides is 3. The lowest BCUT2D eigenvalue weighted by Gasteiger charge is -2.18. The van der Waals surface area contributed by atoms with Crippen LogP contribution >= 0.6 is 0 Å². The molecule has 0 aliphatic carbocycles. The van der Waals surface area contributed by atoms with Gasteiger partial charge in [-0.25, -0.2) is 14.8 Å². The highest BCUT2D eigenvalue weighted by Crippen LogP contribution is 2.26. The number of H-pyrrole nitrogens is 1. The Hall–Kier alpha value is -4.66. The molecule has 212 valence electrons. The number of hydrogen-bond acceptors (Lipinski definition) is 4. The van der Waals surface area contributed by atoms with Gasteiger partial charge in [0.25, 0.3) is 0 Å². The van der Waals surface area contributed by atoms with Crippen LogP contribution in [0.5, 0.6) is 0 Å². The van der Waals surface area contributed by atoms with Crippen molar-refractivity contribution in [2.75, 3.05) is 13.6 Å². The molecule has 0 unspecified atom stereocenters. The Morgan fingerprint density at radius 2 is 1.80 bits per heavy atom. The summed E-state index contributed by atoms with van der Waals surface area (Å²) in [6.07, 6.45) is 5.26. The van der Waals surface area contributed by atoms with Gasteiger partial charge in [-0.3, -0.25) is 4.79 Å². The molecule has 1 atom stereocenters. The van der Waals surface area contributed by atoms with E-state index in [4.69, 9.17) is 4.98 Å². The second kappa shape index (κ2) is 13.1. The van der Waals surface area contributed by atoms with Gasteiger partial charge in [-0.1, -0.05) is 55.5 Å². The second-order valence-corrected chi connectivity index (χ2v) is 10.1. The van der Waals surface area contributed by atoms with E-state index in [1.807, 2.05) is 42.6 Å². The van der Waals surface area contributed by atoms with Gasteiger partial charge in [0.15, 0.2) is 0 Å². The number of aromatic amines is 1. The van der Waals surface area contributed by atoms with E-state index in [-0.39, 0.29) is 18.0 Å². The number of fused-ring (bicyclic) bond motifs is 2. The number of nitrogens with zero attached hydrogens (tertiary/aromatic N) is 3. The predicted octanol–water partition coefficient (Wildman–Crippen LogP) is 5.49. The van der Waals surface area contributed by atoms with Crippen molar-refractivity contribution in [3.63, 3.8) is 0 Å². The summed E-state index contributed by atoms with van der Waals surface area (Å²) in [5.74, 6) is 1.66. The number of aromatic nitrogens is 4. The van der Waals surface area contributed by atoms with Gasteiger partial charge in [-0.2, -0.15) is 0 Å². The number of aryl methyl sites for hydroxylation is 2. The normalized spacial score (nSPS) is 12.0. The fourth-order valence-electron chi connectivity index (χ4n) is 5.18. The highest BCUT2D eigenvalue weighted by Gasteiger charge is 2.19. The predicted molar refractivity (Wildman–Crippen MR) is 162 cm³/mol. The summed E-state index contributed by atoms with van der Waals surface area (Å²) in [6.45, 7) is 3.20. The van der Waals surface area contributed by atoms with Crippen molar-refractivity contribution in [3.05, 3.63) is 84.6 Å². The van der Waals surface area contributed by atoms with Crippen LogP contribution in [0.15, 0.2) is 72.9 Å². The number of rotatable bonds is 12. The Morgan fingerprint density at radius 3 is 2.63 bits per heavy atom. The molecule has 5 aromatic rings. The summed E-state index contributed by atoms with van der Waals surface area (Å²) in [4.78, 5) is 37.6. The zero-order valence-electron chi connectivity index (χ0n) is 23.6. The van der Waals surface area contributed by atoms with Crippen LogP contribution in [-0.4, -0.2) is 45.0 Å². The highest BCUT2D eigenvalue weighted by atomic mass is 16.2. The topological polar surface area (TPSA) is 117 Å². The largest absolute Gasteiger partial charge is 0.346 e. The average Bonchev–Trinajstić information content (AvgIpc) is 3.64. The molecule has 0 saturated carbocycles. The average molecular weight is 552 g/mol. The zero-order valence-corrected chi connectivity index (χ0v) is 23.6. The van der Waals surface area contributed by atoms with Crippen LogP contribution in [0.25, 0.3) is 33.1 Å². The monoisotopic (exact) mass is 551 g/mol. The summed E-state index contributed by atoms with van der Waals surface area (Å²) in [5, 5.41) is 10.9. The Labute approximate surface area is 239 Å². The lowest BCUT2D eigenvalue weighted by molar-refractivity contribution is -0.122. The Kier molecular flexibility index (Phi) is 8.93. The maximum absolute atomic E-state index is 13.2. The summed E-state index contributed by atoms with van der Waals surface area (Å²) in [7, 11) is 1.60.